The van der Waals surface area contributed by atoms with E-state index in [-0.39, 0.29) is 22.1 Å². The summed E-state index contributed by atoms with van der Waals surface area (Å²) in [6.45, 7) is 4.11. The Hall–Kier alpha value is -3.69. The van der Waals surface area contributed by atoms with Gasteiger partial charge in [-0.05, 0) is 49.8 Å². The van der Waals surface area contributed by atoms with Crippen molar-refractivity contribution in [2.75, 3.05) is 6.61 Å². The van der Waals surface area contributed by atoms with Crippen molar-refractivity contribution in [2.45, 2.75) is 13.8 Å². The van der Waals surface area contributed by atoms with Gasteiger partial charge in [0.2, 0.25) is 0 Å². The first-order valence-corrected chi connectivity index (χ1v) is 11.3. The Morgan fingerprint density at radius 2 is 2.09 bits per heavy atom. The number of pyridine rings is 1. The van der Waals surface area contributed by atoms with Crippen LogP contribution in [0.2, 0.25) is 5.02 Å². The average Bonchev–Trinajstić information content (AvgIpc) is 3.49. The average molecular weight is 480 g/mol. The number of aryl methyl sites for hydroxylation is 1. The Balaban J connectivity index is 1.49. The molecule has 5 rings (SSSR count). The highest BCUT2D eigenvalue weighted by atomic mass is 35.5. The maximum atomic E-state index is 12.9. The lowest BCUT2D eigenvalue weighted by Gasteiger charge is -2.08. The first-order valence-electron chi connectivity index (χ1n) is 10.1. The molecule has 0 saturated heterocycles. The molecule has 4 heterocycles. The van der Waals surface area contributed by atoms with E-state index in [9.17, 15) is 9.90 Å². The first-order chi connectivity index (χ1) is 15.9. The highest BCUT2D eigenvalue weighted by Gasteiger charge is 2.13. The summed E-state index contributed by atoms with van der Waals surface area (Å²) in [7, 11) is 0. The molecule has 10 heteroatoms. The Labute approximate surface area is 197 Å². The SMILES string of the molecule is CCOc1cc(/C=c2\sc3nc(-c4ccc(-n5cnc(C)c5)nc4)cn3c2=O)cc(Cl)c1O. The lowest BCUT2D eigenvalue weighted by atomic mass is 10.2. The number of halogens is 1. The number of aromatic hydroxyl groups is 1. The molecular formula is C23H18ClN5O3S. The zero-order valence-electron chi connectivity index (χ0n) is 17.7. The van der Waals surface area contributed by atoms with Crippen molar-refractivity contribution < 1.29 is 9.84 Å². The van der Waals surface area contributed by atoms with Crippen molar-refractivity contribution in [2.24, 2.45) is 0 Å². The molecule has 0 spiro atoms. The van der Waals surface area contributed by atoms with Crippen LogP contribution in [0.15, 0.2) is 54.0 Å². The molecule has 8 nitrogen and oxygen atoms in total. The van der Waals surface area contributed by atoms with E-state index in [4.69, 9.17) is 16.3 Å². The number of benzene rings is 1. The fourth-order valence-corrected chi connectivity index (χ4v) is 4.58. The molecule has 0 aliphatic carbocycles. The van der Waals surface area contributed by atoms with E-state index in [0.29, 0.717) is 27.4 Å². The lowest BCUT2D eigenvalue weighted by Crippen LogP contribution is -2.22. The van der Waals surface area contributed by atoms with E-state index in [1.807, 2.05) is 36.7 Å². The summed E-state index contributed by atoms with van der Waals surface area (Å²) in [5.41, 5.74) is 2.85. The molecule has 0 aliphatic rings. The summed E-state index contributed by atoms with van der Waals surface area (Å²) in [4.78, 5) is 26.8. The third-order valence-corrected chi connectivity index (χ3v) is 6.24. The van der Waals surface area contributed by atoms with Gasteiger partial charge in [-0.15, -0.1) is 0 Å². The van der Waals surface area contributed by atoms with Crippen LogP contribution in [0, 0.1) is 6.92 Å². The normalized spacial score (nSPS) is 12.0. The van der Waals surface area contributed by atoms with Crippen LogP contribution >= 0.6 is 22.9 Å². The molecule has 0 saturated carbocycles. The van der Waals surface area contributed by atoms with Gasteiger partial charge >= 0.3 is 0 Å². The quantitative estimate of drug-likeness (QED) is 0.414. The molecule has 1 N–H and O–H groups in total. The lowest BCUT2D eigenvalue weighted by molar-refractivity contribution is 0.318. The summed E-state index contributed by atoms with van der Waals surface area (Å²) >= 11 is 7.38. The molecule has 166 valence electrons. The Kier molecular flexibility index (Phi) is 5.35. The minimum Gasteiger partial charge on any atom is -0.503 e. The second-order valence-corrected chi connectivity index (χ2v) is 8.72. The molecule has 5 aromatic rings. The van der Waals surface area contributed by atoms with E-state index in [1.165, 1.54) is 15.7 Å². The summed E-state index contributed by atoms with van der Waals surface area (Å²) in [5, 5.41) is 10.2. The van der Waals surface area contributed by atoms with Gasteiger partial charge in [0.1, 0.15) is 12.1 Å². The number of fused-ring (bicyclic) bond motifs is 1. The van der Waals surface area contributed by atoms with Crippen LogP contribution in [0.5, 0.6) is 11.5 Å². The van der Waals surface area contributed by atoms with Crippen LogP contribution in [0.3, 0.4) is 0 Å². The van der Waals surface area contributed by atoms with E-state index in [0.717, 1.165) is 17.1 Å². The largest absolute Gasteiger partial charge is 0.503 e. The van der Waals surface area contributed by atoms with Crippen molar-refractivity contribution in [3.05, 3.63) is 80.3 Å². The number of rotatable bonds is 5. The maximum absolute atomic E-state index is 12.9. The fraction of sp³-hybridized carbons (Fsp3) is 0.130. The number of imidazole rings is 2. The predicted molar refractivity (Wildman–Crippen MR) is 127 cm³/mol. The van der Waals surface area contributed by atoms with Gasteiger partial charge in [-0.1, -0.05) is 22.9 Å². The molecule has 4 aromatic heterocycles. The smallest absolute Gasteiger partial charge is 0.274 e. The number of nitrogens with zero attached hydrogens (tertiary/aromatic N) is 5. The van der Waals surface area contributed by atoms with Gasteiger partial charge in [0.15, 0.2) is 16.5 Å². The molecule has 0 fully saturated rings. The number of hydrogen-bond donors (Lipinski definition) is 1. The van der Waals surface area contributed by atoms with Crippen molar-refractivity contribution in [3.8, 4) is 28.6 Å². The Morgan fingerprint density at radius 1 is 1.24 bits per heavy atom. The van der Waals surface area contributed by atoms with Gasteiger partial charge < -0.3 is 9.84 Å². The topological polar surface area (TPSA) is 94.5 Å². The second kappa shape index (κ2) is 8.34. The van der Waals surface area contributed by atoms with Gasteiger partial charge in [0.25, 0.3) is 5.56 Å². The first kappa shape index (κ1) is 21.2. The second-order valence-electron chi connectivity index (χ2n) is 7.30. The molecule has 0 atom stereocenters. The van der Waals surface area contributed by atoms with Gasteiger partial charge in [-0.3, -0.25) is 13.8 Å². The van der Waals surface area contributed by atoms with E-state index < -0.39 is 0 Å². The third-order valence-electron chi connectivity index (χ3n) is 4.97. The van der Waals surface area contributed by atoms with Crippen molar-refractivity contribution in [1.82, 2.24) is 23.9 Å². The van der Waals surface area contributed by atoms with Gasteiger partial charge in [-0.2, -0.15) is 0 Å². The maximum Gasteiger partial charge on any atom is 0.274 e. The van der Waals surface area contributed by atoms with Crippen LogP contribution in [0.25, 0.3) is 28.1 Å². The number of phenols is 1. The molecule has 0 unspecified atom stereocenters. The monoisotopic (exact) mass is 479 g/mol. The summed E-state index contributed by atoms with van der Waals surface area (Å²) < 4.78 is 9.27. The number of hydrogen-bond acceptors (Lipinski definition) is 7. The summed E-state index contributed by atoms with van der Waals surface area (Å²) in [6, 6.07) is 7.02. The summed E-state index contributed by atoms with van der Waals surface area (Å²) in [6.07, 6.45) is 8.75. The van der Waals surface area contributed by atoms with Gasteiger partial charge in [0, 0.05) is 24.2 Å². The zero-order valence-corrected chi connectivity index (χ0v) is 19.3. The predicted octanol–water partition coefficient (Wildman–Crippen LogP) is 3.62. The molecule has 0 amide bonds. The van der Waals surface area contributed by atoms with Crippen molar-refractivity contribution in [3.63, 3.8) is 0 Å². The summed E-state index contributed by atoms with van der Waals surface area (Å²) in [5.74, 6) is 0.904. The van der Waals surface area contributed by atoms with E-state index in [2.05, 4.69) is 15.0 Å². The minimum absolute atomic E-state index is 0.119. The Bertz CT molecular complexity index is 1590. The molecule has 1 aromatic carbocycles. The molecule has 0 radical (unpaired) electrons. The molecule has 0 aliphatic heterocycles. The highest BCUT2D eigenvalue weighted by molar-refractivity contribution is 7.15. The fourth-order valence-electron chi connectivity index (χ4n) is 3.40. The standard InChI is InChI=1S/C23H18ClN5O3S/c1-3-32-18-7-14(6-16(24)21(18)30)8-19-22(31)29-11-17(27-23(29)33-19)15-4-5-20(25-9-15)28-10-13(2)26-12-28/h4-12,30H,3H2,1-2H3/b19-8-. The highest BCUT2D eigenvalue weighted by Crippen LogP contribution is 2.35. The molecule has 0 bridgehead atoms. The minimum atomic E-state index is -0.186. The van der Waals surface area contributed by atoms with Crippen molar-refractivity contribution >= 4 is 34.0 Å². The van der Waals surface area contributed by atoms with Crippen LogP contribution in [-0.4, -0.2) is 35.6 Å². The third kappa shape index (κ3) is 3.96. The van der Waals surface area contributed by atoms with Crippen LogP contribution in [0.4, 0.5) is 0 Å². The van der Waals surface area contributed by atoms with E-state index >= 15 is 0 Å². The number of aromatic nitrogens is 5. The van der Waals surface area contributed by atoms with Crippen LogP contribution in [0.1, 0.15) is 18.2 Å². The van der Waals surface area contributed by atoms with Crippen molar-refractivity contribution in [1.29, 1.82) is 0 Å². The van der Waals surface area contributed by atoms with E-state index in [1.54, 1.807) is 36.9 Å². The number of thiazole rings is 1. The molecular weight excluding hydrogens is 462 g/mol. The Morgan fingerprint density at radius 3 is 2.76 bits per heavy atom. The van der Waals surface area contributed by atoms with Crippen LogP contribution in [-0.2, 0) is 0 Å². The number of ether oxygens (including phenoxy) is 1. The van der Waals surface area contributed by atoms with Gasteiger partial charge in [-0.25, -0.2) is 15.0 Å². The zero-order chi connectivity index (χ0) is 23.1. The molecule has 33 heavy (non-hydrogen) atoms. The van der Waals surface area contributed by atoms with Gasteiger partial charge in [0.05, 0.1) is 27.5 Å². The van der Waals surface area contributed by atoms with Crippen LogP contribution < -0.4 is 14.8 Å². The number of phenolic OH excluding ortho intramolecular Hbond substituents is 1.